The molecule has 1 fully saturated rings. The van der Waals surface area contributed by atoms with Crippen LogP contribution in [0, 0.1) is 17.7 Å². The standard InChI is InChI=1S/C17H26FN/c1-12(2)14-8-10-15(11-9-14)19-13(3)16-6-4-5-7-17(16)18/h4-7,12-15,19H,8-11H2,1-3H3. The zero-order valence-electron chi connectivity index (χ0n) is 12.3. The van der Waals surface area contributed by atoms with Crippen molar-refractivity contribution in [2.75, 3.05) is 0 Å². The average molecular weight is 263 g/mol. The number of nitrogens with one attached hydrogen (secondary N) is 1. The van der Waals surface area contributed by atoms with Gasteiger partial charge < -0.3 is 5.32 Å². The van der Waals surface area contributed by atoms with Crippen molar-refractivity contribution in [3.63, 3.8) is 0 Å². The number of hydrogen-bond acceptors (Lipinski definition) is 1. The van der Waals surface area contributed by atoms with E-state index >= 15 is 0 Å². The van der Waals surface area contributed by atoms with E-state index in [4.69, 9.17) is 0 Å². The van der Waals surface area contributed by atoms with E-state index in [1.165, 1.54) is 25.7 Å². The molecule has 0 spiro atoms. The Morgan fingerprint density at radius 1 is 1.05 bits per heavy atom. The Kier molecular flexibility index (Phi) is 4.98. The molecular formula is C17H26FN. The van der Waals surface area contributed by atoms with Gasteiger partial charge in [-0.25, -0.2) is 4.39 Å². The summed E-state index contributed by atoms with van der Waals surface area (Å²) in [5.74, 6) is 1.57. The van der Waals surface area contributed by atoms with Crippen LogP contribution in [0.1, 0.15) is 58.1 Å². The van der Waals surface area contributed by atoms with Crippen molar-refractivity contribution in [2.45, 2.75) is 58.5 Å². The van der Waals surface area contributed by atoms with Crippen molar-refractivity contribution < 1.29 is 4.39 Å². The molecule has 0 aliphatic heterocycles. The van der Waals surface area contributed by atoms with E-state index in [1.807, 2.05) is 12.1 Å². The second-order valence-corrected chi connectivity index (χ2v) is 6.27. The minimum atomic E-state index is -0.0987. The molecule has 2 heteroatoms. The van der Waals surface area contributed by atoms with Crippen LogP contribution in [0.25, 0.3) is 0 Å². The van der Waals surface area contributed by atoms with Gasteiger partial charge in [0.1, 0.15) is 5.82 Å². The highest BCUT2D eigenvalue weighted by molar-refractivity contribution is 5.20. The summed E-state index contributed by atoms with van der Waals surface area (Å²) in [5.41, 5.74) is 0.786. The fraction of sp³-hybridized carbons (Fsp3) is 0.647. The maximum atomic E-state index is 13.7. The maximum Gasteiger partial charge on any atom is 0.127 e. The zero-order valence-corrected chi connectivity index (χ0v) is 12.3. The first-order valence-corrected chi connectivity index (χ1v) is 7.58. The van der Waals surface area contributed by atoms with Crippen LogP contribution in [0.2, 0.25) is 0 Å². The Balaban J connectivity index is 1.87. The van der Waals surface area contributed by atoms with E-state index in [0.717, 1.165) is 17.4 Å². The molecule has 1 N–H and O–H groups in total. The van der Waals surface area contributed by atoms with Gasteiger partial charge in [0.15, 0.2) is 0 Å². The molecule has 1 nitrogen and oxygen atoms in total. The Bertz CT molecular complexity index is 394. The summed E-state index contributed by atoms with van der Waals surface area (Å²) in [5, 5.41) is 3.60. The fourth-order valence-corrected chi connectivity index (χ4v) is 3.22. The lowest BCUT2D eigenvalue weighted by atomic mass is 9.79. The van der Waals surface area contributed by atoms with Crippen molar-refractivity contribution >= 4 is 0 Å². The van der Waals surface area contributed by atoms with Crippen LogP contribution >= 0.6 is 0 Å². The smallest absolute Gasteiger partial charge is 0.127 e. The lowest BCUT2D eigenvalue weighted by molar-refractivity contribution is 0.230. The molecule has 0 amide bonds. The SMILES string of the molecule is CC(NC1CCC(C(C)C)CC1)c1ccccc1F. The van der Waals surface area contributed by atoms with Crippen LogP contribution < -0.4 is 5.32 Å². The monoisotopic (exact) mass is 263 g/mol. The summed E-state index contributed by atoms with van der Waals surface area (Å²) >= 11 is 0. The minimum absolute atomic E-state index is 0.0987. The highest BCUT2D eigenvalue weighted by Gasteiger charge is 2.24. The molecule has 0 saturated heterocycles. The van der Waals surface area contributed by atoms with Gasteiger partial charge in [0, 0.05) is 17.6 Å². The third-order valence-electron chi connectivity index (χ3n) is 4.57. The van der Waals surface area contributed by atoms with Crippen molar-refractivity contribution in [3.05, 3.63) is 35.6 Å². The summed E-state index contributed by atoms with van der Waals surface area (Å²) in [7, 11) is 0. The third-order valence-corrected chi connectivity index (χ3v) is 4.57. The second-order valence-electron chi connectivity index (χ2n) is 6.27. The Hall–Kier alpha value is -0.890. The van der Waals surface area contributed by atoms with Crippen LogP contribution in [-0.4, -0.2) is 6.04 Å². The van der Waals surface area contributed by atoms with Crippen LogP contribution in [0.4, 0.5) is 4.39 Å². The maximum absolute atomic E-state index is 13.7. The van der Waals surface area contributed by atoms with Crippen LogP contribution in [-0.2, 0) is 0 Å². The summed E-state index contributed by atoms with van der Waals surface area (Å²) in [6.07, 6.45) is 5.06. The fourth-order valence-electron chi connectivity index (χ4n) is 3.22. The molecule has 0 radical (unpaired) electrons. The number of rotatable bonds is 4. The molecule has 1 aliphatic carbocycles. The zero-order chi connectivity index (χ0) is 13.8. The summed E-state index contributed by atoms with van der Waals surface area (Å²) in [4.78, 5) is 0. The Morgan fingerprint density at radius 2 is 1.68 bits per heavy atom. The molecule has 19 heavy (non-hydrogen) atoms. The van der Waals surface area contributed by atoms with Crippen LogP contribution in [0.5, 0.6) is 0 Å². The first-order chi connectivity index (χ1) is 9.08. The topological polar surface area (TPSA) is 12.0 Å². The Morgan fingerprint density at radius 3 is 2.26 bits per heavy atom. The normalized spacial score (nSPS) is 25.5. The summed E-state index contributed by atoms with van der Waals surface area (Å²) in [6.45, 7) is 6.70. The minimum Gasteiger partial charge on any atom is -0.307 e. The number of hydrogen-bond donors (Lipinski definition) is 1. The molecule has 0 aromatic heterocycles. The van der Waals surface area contributed by atoms with E-state index in [-0.39, 0.29) is 11.9 Å². The molecule has 1 aromatic rings. The van der Waals surface area contributed by atoms with Gasteiger partial charge >= 0.3 is 0 Å². The second kappa shape index (κ2) is 6.51. The molecule has 1 unspecified atom stereocenters. The molecule has 0 bridgehead atoms. The van der Waals surface area contributed by atoms with Gasteiger partial charge in [-0.05, 0) is 50.5 Å². The predicted octanol–water partition coefficient (Wildman–Crippen LogP) is 4.69. The third kappa shape index (κ3) is 3.79. The quantitative estimate of drug-likeness (QED) is 0.831. The molecule has 2 rings (SSSR count). The lowest BCUT2D eigenvalue weighted by Gasteiger charge is -2.33. The summed E-state index contributed by atoms with van der Waals surface area (Å²) in [6, 6.07) is 7.73. The van der Waals surface area contributed by atoms with Gasteiger partial charge in [0.2, 0.25) is 0 Å². The largest absolute Gasteiger partial charge is 0.307 e. The van der Waals surface area contributed by atoms with E-state index in [2.05, 4.69) is 26.1 Å². The van der Waals surface area contributed by atoms with Crippen molar-refractivity contribution in [1.29, 1.82) is 0 Å². The predicted molar refractivity (Wildman–Crippen MR) is 78.5 cm³/mol. The lowest BCUT2D eigenvalue weighted by Crippen LogP contribution is -2.36. The highest BCUT2D eigenvalue weighted by atomic mass is 19.1. The van der Waals surface area contributed by atoms with Gasteiger partial charge in [-0.3, -0.25) is 0 Å². The molecule has 1 aromatic carbocycles. The van der Waals surface area contributed by atoms with Crippen molar-refractivity contribution in [1.82, 2.24) is 5.32 Å². The molecule has 1 aliphatic rings. The van der Waals surface area contributed by atoms with Crippen LogP contribution in [0.3, 0.4) is 0 Å². The van der Waals surface area contributed by atoms with E-state index in [0.29, 0.717) is 6.04 Å². The summed E-state index contributed by atoms with van der Waals surface area (Å²) < 4.78 is 13.7. The molecule has 1 atom stereocenters. The van der Waals surface area contributed by atoms with Gasteiger partial charge in [0.05, 0.1) is 0 Å². The molecular weight excluding hydrogens is 237 g/mol. The highest BCUT2D eigenvalue weighted by Crippen LogP contribution is 2.31. The van der Waals surface area contributed by atoms with E-state index in [9.17, 15) is 4.39 Å². The van der Waals surface area contributed by atoms with Crippen molar-refractivity contribution in [2.24, 2.45) is 11.8 Å². The molecule has 106 valence electrons. The molecule has 0 heterocycles. The van der Waals surface area contributed by atoms with Gasteiger partial charge in [0.25, 0.3) is 0 Å². The van der Waals surface area contributed by atoms with Gasteiger partial charge in [-0.1, -0.05) is 32.0 Å². The van der Waals surface area contributed by atoms with E-state index < -0.39 is 0 Å². The van der Waals surface area contributed by atoms with E-state index in [1.54, 1.807) is 12.1 Å². The number of halogens is 1. The van der Waals surface area contributed by atoms with Crippen molar-refractivity contribution in [3.8, 4) is 0 Å². The van der Waals surface area contributed by atoms with Crippen LogP contribution in [0.15, 0.2) is 24.3 Å². The van der Waals surface area contributed by atoms with Gasteiger partial charge in [-0.2, -0.15) is 0 Å². The average Bonchev–Trinajstić information content (AvgIpc) is 2.39. The number of benzene rings is 1. The first-order valence-electron chi connectivity index (χ1n) is 7.58. The Labute approximate surface area is 116 Å². The van der Waals surface area contributed by atoms with Gasteiger partial charge in [-0.15, -0.1) is 0 Å². The molecule has 1 saturated carbocycles. The first kappa shape index (κ1) is 14.5.